The Kier molecular flexibility index (Phi) is 3.85. The average molecular weight is 352 g/mol. The van der Waals surface area contributed by atoms with E-state index in [2.05, 4.69) is 31.2 Å². The Bertz CT molecular complexity index is 1160. The number of hydrogen-bond acceptors (Lipinski definition) is 2. The first-order valence-electron chi connectivity index (χ1n) is 8.02. The van der Waals surface area contributed by atoms with Crippen LogP contribution in [0.2, 0.25) is 0 Å². The number of rotatable bonds is 2. The van der Waals surface area contributed by atoms with Gasteiger partial charge >= 0.3 is 0 Å². The van der Waals surface area contributed by atoms with Gasteiger partial charge in [0.15, 0.2) is 16.1 Å². The van der Waals surface area contributed by atoms with Crippen molar-refractivity contribution < 1.29 is 13.2 Å². The van der Waals surface area contributed by atoms with Gasteiger partial charge in [-0.1, -0.05) is 43.3 Å². The molecule has 3 aromatic carbocycles. The molecular formula is C21H14F2OS. The summed E-state index contributed by atoms with van der Waals surface area (Å²) in [4.78, 5) is 0. The summed E-state index contributed by atoms with van der Waals surface area (Å²) in [7, 11) is 0. The molecule has 4 heteroatoms. The summed E-state index contributed by atoms with van der Waals surface area (Å²) in [5, 5.41) is 1.97. The summed E-state index contributed by atoms with van der Waals surface area (Å²) >= 11 is 5.28. The Morgan fingerprint density at radius 3 is 2.24 bits per heavy atom. The Hall–Kier alpha value is -2.59. The SMILES string of the molecule is CCc1ccc(-c2ccc3c(c2)c(=S)oc2c(F)c(F)ccc23)cc1. The van der Waals surface area contributed by atoms with Crippen molar-refractivity contribution in [3.63, 3.8) is 0 Å². The van der Waals surface area contributed by atoms with Gasteiger partial charge in [-0.05, 0) is 58.9 Å². The number of halogens is 2. The van der Waals surface area contributed by atoms with Gasteiger partial charge < -0.3 is 4.42 Å². The highest BCUT2D eigenvalue weighted by Gasteiger charge is 2.14. The van der Waals surface area contributed by atoms with E-state index in [1.54, 1.807) is 0 Å². The molecule has 4 aromatic rings. The van der Waals surface area contributed by atoms with Gasteiger partial charge in [0.25, 0.3) is 0 Å². The lowest BCUT2D eigenvalue weighted by molar-refractivity contribution is 0.486. The number of aryl methyl sites for hydroxylation is 1. The third-order valence-corrected chi connectivity index (χ3v) is 4.77. The summed E-state index contributed by atoms with van der Waals surface area (Å²) < 4.78 is 33.0. The van der Waals surface area contributed by atoms with Crippen LogP contribution < -0.4 is 0 Å². The molecule has 0 saturated heterocycles. The van der Waals surface area contributed by atoms with Crippen molar-refractivity contribution in [1.29, 1.82) is 0 Å². The van der Waals surface area contributed by atoms with Crippen LogP contribution in [0.1, 0.15) is 12.5 Å². The molecule has 0 fully saturated rings. The molecule has 124 valence electrons. The second-order valence-electron chi connectivity index (χ2n) is 5.94. The van der Waals surface area contributed by atoms with Crippen molar-refractivity contribution >= 4 is 34.0 Å². The highest BCUT2D eigenvalue weighted by molar-refractivity contribution is 7.71. The predicted molar refractivity (Wildman–Crippen MR) is 99.3 cm³/mol. The maximum Gasteiger partial charge on any atom is 0.201 e. The lowest BCUT2D eigenvalue weighted by atomic mass is 9.99. The van der Waals surface area contributed by atoms with Crippen LogP contribution >= 0.6 is 12.2 Å². The minimum atomic E-state index is -1.01. The molecule has 0 spiro atoms. The standard InChI is InChI=1S/C21H14F2OS/c1-2-12-3-5-13(6-4-12)14-7-8-15-16-9-10-18(22)19(23)20(16)24-21(25)17(15)11-14/h3-11H,2H2,1H3. The highest BCUT2D eigenvalue weighted by Crippen LogP contribution is 2.32. The van der Waals surface area contributed by atoms with Crippen LogP contribution in [0, 0.1) is 16.3 Å². The fraction of sp³-hybridized carbons (Fsp3) is 0.0952. The molecule has 0 radical (unpaired) electrons. The van der Waals surface area contributed by atoms with Gasteiger partial charge in [-0.3, -0.25) is 0 Å². The van der Waals surface area contributed by atoms with Crippen LogP contribution in [0.5, 0.6) is 0 Å². The molecule has 25 heavy (non-hydrogen) atoms. The van der Waals surface area contributed by atoms with E-state index in [4.69, 9.17) is 16.6 Å². The fourth-order valence-corrected chi connectivity index (χ4v) is 3.30. The Balaban J connectivity index is 1.97. The smallest absolute Gasteiger partial charge is 0.201 e. The minimum Gasteiger partial charge on any atom is -0.441 e. The van der Waals surface area contributed by atoms with Crippen molar-refractivity contribution in [2.45, 2.75) is 13.3 Å². The molecule has 1 aromatic heterocycles. The topological polar surface area (TPSA) is 13.1 Å². The van der Waals surface area contributed by atoms with Gasteiger partial charge in [0, 0.05) is 10.8 Å². The van der Waals surface area contributed by atoms with Crippen molar-refractivity contribution in [3.8, 4) is 11.1 Å². The Labute approximate surface area is 148 Å². The monoisotopic (exact) mass is 352 g/mol. The molecule has 4 rings (SSSR count). The van der Waals surface area contributed by atoms with Crippen LogP contribution in [-0.4, -0.2) is 0 Å². The third kappa shape index (κ3) is 2.63. The van der Waals surface area contributed by atoms with E-state index in [9.17, 15) is 8.78 Å². The second-order valence-corrected chi connectivity index (χ2v) is 6.31. The lowest BCUT2D eigenvalue weighted by Gasteiger charge is -2.08. The van der Waals surface area contributed by atoms with Crippen molar-refractivity contribution in [2.75, 3.05) is 0 Å². The predicted octanol–water partition coefficient (Wildman–Crippen LogP) is 6.82. The van der Waals surface area contributed by atoms with Crippen molar-refractivity contribution in [2.24, 2.45) is 0 Å². The summed E-state index contributed by atoms with van der Waals surface area (Å²) in [6.07, 6.45) is 0.987. The first kappa shape index (κ1) is 15.9. The molecule has 0 saturated carbocycles. The molecule has 0 unspecified atom stereocenters. The van der Waals surface area contributed by atoms with Gasteiger partial charge in [-0.2, -0.15) is 4.39 Å². The van der Waals surface area contributed by atoms with Gasteiger partial charge in [0.05, 0.1) is 0 Å². The molecular weight excluding hydrogens is 338 g/mol. The molecule has 0 bridgehead atoms. The van der Waals surface area contributed by atoms with E-state index in [-0.39, 0.29) is 10.3 Å². The van der Waals surface area contributed by atoms with Gasteiger partial charge in [-0.15, -0.1) is 0 Å². The first-order chi connectivity index (χ1) is 12.1. The van der Waals surface area contributed by atoms with Crippen LogP contribution in [-0.2, 0) is 6.42 Å². The van der Waals surface area contributed by atoms with Gasteiger partial charge in [-0.25, -0.2) is 4.39 Å². The zero-order chi connectivity index (χ0) is 17.6. The summed E-state index contributed by atoms with van der Waals surface area (Å²) in [6, 6.07) is 16.7. The van der Waals surface area contributed by atoms with E-state index < -0.39 is 11.6 Å². The van der Waals surface area contributed by atoms with Crippen LogP contribution in [0.3, 0.4) is 0 Å². The maximum atomic E-state index is 14.0. The Morgan fingerprint density at radius 1 is 0.840 bits per heavy atom. The summed E-state index contributed by atoms with van der Waals surface area (Å²) in [5.74, 6) is -1.96. The molecule has 0 aliphatic carbocycles. The molecule has 0 aliphatic heterocycles. The van der Waals surface area contributed by atoms with E-state index in [0.717, 1.165) is 29.0 Å². The quantitative estimate of drug-likeness (QED) is 0.290. The number of hydrogen-bond donors (Lipinski definition) is 0. The van der Waals surface area contributed by atoms with Crippen LogP contribution in [0.4, 0.5) is 8.78 Å². The van der Waals surface area contributed by atoms with E-state index in [0.29, 0.717) is 10.8 Å². The third-order valence-electron chi connectivity index (χ3n) is 4.47. The van der Waals surface area contributed by atoms with Gasteiger partial charge in [0.1, 0.15) is 0 Å². The van der Waals surface area contributed by atoms with Crippen molar-refractivity contribution in [3.05, 3.63) is 76.5 Å². The average Bonchev–Trinajstić information content (AvgIpc) is 2.65. The van der Waals surface area contributed by atoms with E-state index in [1.807, 2.05) is 18.2 Å². The fourth-order valence-electron chi connectivity index (χ4n) is 3.05. The molecule has 1 heterocycles. The molecule has 0 atom stereocenters. The largest absolute Gasteiger partial charge is 0.441 e. The van der Waals surface area contributed by atoms with E-state index >= 15 is 0 Å². The lowest BCUT2D eigenvalue weighted by Crippen LogP contribution is -1.89. The zero-order valence-electron chi connectivity index (χ0n) is 13.5. The van der Waals surface area contributed by atoms with Crippen molar-refractivity contribution in [1.82, 2.24) is 0 Å². The molecule has 0 amide bonds. The minimum absolute atomic E-state index is 0.141. The van der Waals surface area contributed by atoms with Gasteiger partial charge in [0.2, 0.25) is 5.82 Å². The number of benzene rings is 3. The summed E-state index contributed by atoms with van der Waals surface area (Å²) in [6.45, 7) is 2.11. The van der Waals surface area contributed by atoms with E-state index in [1.165, 1.54) is 11.6 Å². The zero-order valence-corrected chi connectivity index (χ0v) is 14.3. The normalized spacial score (nSPS) is 11.3. The summed E-state index contributed by atoms with van der Waals surface area (Å²) in [5.41, 5.74) is 3.20. The molecule has 0 N–H and O–H groups in total. The maximum absolute atomic E-state index is 14.0. The molecule has 0 aliphatic rings. The highest BCUT2D eigenvalue weighted by atomic mass is 32.1. The first-order valence-corrected chi connectivity index (χ1v) is 8.43. The second kappa shape index (κ2) is 6.05. The molecule has 1 nitrogen and oxygen atoms in total. The number of fused-ring (bicyclic) bond motifs is 3. The van der Waals surface area contributed by atoms with Crippen LogP contribution in [0.15, 0.2) is 59.0 Å². The van der Waals surface area contributed by atoms with Crippen LogP contribution in [0.25, 0.3) is 32.9 Å². The Morgan fingerprint density at radius 2 is 1.52 bits per heavy atom.